The standard InChI is InChI=1S/C12H24N2O2/c1-4-5-8-16-12(15)14-7-6-13-11(9-14)10(2)3/h10-11,13H,4-9H2,1-3H3. The maximum Gasteiger partial charge on any atom is 0.409 e. The van der Waals surface area contributed by atoms with E-state index in [1.165, 1.54) is 0 Å². The molecule has 0 radical (unpaired) electrons. The summed E-state index contributed by atoms with van der Waals surface area (Å²) in [5.41, 5.74) is 0. The van der Waals surface area contributed by atoms with E-state index < -0.39 is 0 Å². The van der Waals surface area contributed by atoms with Crippen LogP contribution in [0.25, 0.3) is 0 Å². The van der Waals surface area contributed by atoms with E-state index in [2.05, 4.69) is 26.1 Å². The second-order valence-electron chi connectivity index (χ2n) is 4.72. The van der Waals surface area contributed by atoms with Crippen LogP contribution in [-0.2, 0) is 4.74 Å². The molecule has 4 nitrogen and oxygen atoms in total. The van der Waals surface area contributed by atoms with Crippen LogP contribution in [0.15, 0.2) is 0 Å². The van der Waals surface area contributed by atoms with Gasteiger partial charge in [-0.2, -0.15) is 0 Å². The number of amides is 1. The summed E-state index contributed by atoms with van der Waals surface area (Å²) in [6, 6.07) is 0.396. The average molecular weight is 228 g/mol. The number of ether oxygens (including phenoxy) is 1. The van der Waals surface area contributed by atoms with Gasteiger partial charge >= 0.3 is 6.09 Å². The molecular formula is C12H24N2O2. The van der Waals surface area contributed by atoms with Gasteiger partial charge in [0.25, 0.3) is 0 Å². The van der Waals surface area contributed by atoms with Crippen molar-refractivity contribution in [1.29, 1.82) is 0 Å². The van der Waals surface area contributed by atoms with Crippen LogP contribution in [-0.4, -0.2) is 43.3 Å². The molecule has 0 aromatic heterocycles. The highest BCUT2D eigenvalue weighted by atomic mass is 16.6. The number of rotatable bonds is 4. The molecule has 1 aliphatic rings. The molecule has 1 atom stereocenters. The third-order valence-electron chi connectivity index (χ3n) is 2.99. The minimum Gasteiger partial charge on any atom is -0.449 e. The van der Waals surface area contributed by atoms with Gasteiger partial charge in [-0.05, 0) is 12.3 Å². The van der Waals surface area contributed by atoms with Crippen LogP contribution in [0.4, 0.5) is 4.79 Å². The van der Waals surface area contributed by atoms with Gasteiger partial charge in [-0.15, -0.1) is 0 Å². The maximum atomic E-state index is 11.7. The van der Waals surface area contributed by atoms with Crippen LogP contribution in [0.3, 0.4) is 0 Å². The molecule has 1 unspecified atom stereocenters. The number of carbonyl (C=O) groups is 1. The van der Waals surface area contributed by atoms with Gasteiger partial charge in [0.15, 0.2) is 0 Å². The lowest BCUT2D eigenvalue weighted by Gasteiger charge is -2.35. The van der Waals surface area contributed by atoms with Crippen LogP contribution in [0, 0.1) is 5.92 Å². The Morgan fingerprint density at radius 3 is 2.94 bits per heavy atom. The van der Waals surface area contributed by atoms with Crippen molar-refractivity contribution in [3.8, 4) is 0 Å². The normalized spacial score (nSPS) is 21.2. The summed E-state index contributed by atoms with van der Waals surface area (Å²) in [5, 5.41) is 3.42. The number of unbranched alkanes of at least 4 members (excludes halogenated alkanes) is 1. The van der Waals surface area contributed by atoms with E-state index in [-0.39, 0.29) is 6.09 Å². The van der Waals surface area contributed by atoms with Crippen molar-refractivity contribution in [2.75, 3.05) is 26.2 Å². The van der Waals surface area contributed by atoms with Crippen LogP contribution >= 0.6 is 0 Å². The quantitative estimate of drug-likeness (QED) is 0.747. The molecular weight excluding hydrogens is 204 g/mol. The Balaban J connectivity index is 2.32. The summed E-state index contributed by atoms with van der Waals surface area (Å²) in [6.45, 7) is 9.37. The fraction of sp³-hybridized carbons (Fsp3) is 0.917. The van der Waals surface area contributed by atoms with Crippen molar-refractivity contribution in [2.45, 2.75) is 39.7 Å². The molecule has 0 aromatic rings. The van der Waals surface area contributed by atoms with Crippen LogP contribution in [0.1, 0.15) is 33.6 Å². The predicted molar refractivity (Wildman–Crippen MR) is 64.5 cm³/mol. The molecule has 0 bridgehead atoms. The highest BCUT2D eigenvalue weighted by molar-refractivity contribution is 5.67. The largest absolute Gasteiger partial charge is 0.449 e. The molecule has 1 amide bonds. The van der Waals surface area contributed by atoms with Crippen LogP contribution < -0.4 is 5.32 Å². The van der Waals surface area contributed by atoms with Crippen LogP contribution in [0.2, 0.25) is 0 Å². The van der Waals surface area contributed by atoms with Gasteiger partial charge in [-0.25, -0.2) is 4.79 Å². The Hall–Kier alpha value is -0.770. The predicted octanol–water partition coefficient (Wildman–Crippen LogP) is 1.85. The maximum absolute atomic E-state index is 11.7. The Morgan fingerprint density at radius 2 is 2.31 bits per heavy atom. The number of carbonyl (C=O) groups excluding carboxylic acids is 1. The van der Waals surface area contributed by atoms with Crippen molar-refractivity contribution in [2.24, 2.45) is 5.92 Å². The van der Waals surface area contributed by atoms with E-state index in [9.17, 15) is 4.79 Å². The number of nitrogens with one attached hydrogen (secondary N) is 1. The minimum atomic E-state index is -0.152. The van der Waals surface area contributed by atoms with Crippen molar-refractivity contribution in [3.63, 3.8) is 0 Å². The zero-order chi connectivity index (χ0) is 12.0. The third-order valence-corrected chi connectivity index (χ3v) is 2.99. The zero-order valence-electron chi connectivity index (χ0n) is 10.7. The Morgan fingerprint density at radius 1 is 1.56 bits per heavy atom. The molecule has 0 aromatic carbocycles. The van der Waals surface area contributed by atoms with E-state index in [0.29, 0.717) is 18.6 Å². The van der Waals surface area contributed by atoms with Gasteiger partial charge in [-0.1, -0.05) is 27.2 Å². The van der Waals surface area contributed by atoms with Crippen molar-refractivity contribution in [3.05, 3.63) is 0 Å². The SMILES string of the molecule is CCCCOC(=O)N1CCNC(C(C)C)C1. The summed E-state index contributed by atoms with van der Waals surface area (Å²) in [5.74, 6) is 0.547. The Bertz CT molecular complexity index is 219. The first-order chi connectivity index (χ1) is 7.65. The first-order valence-electron chi connectivity index (χ1n) is 6.30. The lowest BCUT2D eigenvalue weighted by atomic mass is 10.0. The zero-order valence-corrected chi connectivity index (χ0v) is 10.7. The Kier molecular flexibility index (Phi) is 5.60. The van der Waals surface area contributed by atoms with Gasteiger partial charge in [0.1, 0.15) is 0 Å². The van der Waals surface area contributed by atoms with Gasteiger partial charge in [0.2, 0.25) is 0 Å². The van der Waals surface area contributed by atoms with E-state index in [1.807, 2.05) is 4.90 Å². The monoisotopic (exact) mass is 228 g/mol. The lowest BCUT2D eigenvalue weighted by Crippen LogP contribution is -2.54. The summed E-state index contributed by atoms with van der Waals surface area (Å²) in [4.78, 5) is 13.5. The number of hydrogen-bond acceptors (Lipinski definition) is 3. The van der Waals surface area contributed by atoms with Crippen LogP contribution in [0.5, 0.6) is 0 Å². The molecule has 4 heteroatoms. The first kappa shape index (κ1) is 13.3. The summed E-state index contributed by atoms with van der Waals surface area (Å²) < 4.78 is 5.21. The van der Waals surface area contributed by atoms with Gasteiger partial charge in [-0.3, -0.25) is 0 Å². The molecule has 1 aliphatic heterocycles. The Labute approximate surface area is 98.3 Å². The number of nitrogens with zero attached hydrogens (tertiary/aromatic N) is 1. The smallest absolute Gasteiger partial charge is 0.409 e. The molecule has 1 N–H and O–H groups in total. The molecule has 16 heavy (non-hydrogen) atoms. The van der Waals surface area contributed by atoms with Crippen molar-refractivity contribution < 1.29 is 9.53 Å². The molecule has 1 heterocycles. The van der Waals surface area contributed by atoms with Crippen molar-refractivity contribution >= 4 is 6.09 Å². The molecule has 1 rings (SSSR count). The number of hydrogen-bond donors (Lipinski definition) is 1. The molecule has 0 aliphatic carbocycles. The second kappa shape index (κ2) is 6.74. The van der Waals surface area contributed by atoms with Crippen molar-refractivity contribution in [1.82, 2.24) is 10.2 Å². The topological polar surface area (TPSA) is 41.6 Å². The first-order valence-corrected chi connectivity index (χ1v) is 6.30. The van der Waals surface area contributed by atoms with E-state index in [1.54, 1.807) is 0 Å². The average Bonchev–Trinajstić information content (AvgIpc) is 2.29. The summed E-state index contributed by atoms with van der Waals surface area (Å²) >= 11 is 0. The fourth-order valence-corrected chi connectivity index (χ4v) is 1.79. The van der Waals surface area contributed by atoms with Gasteiger partial charge in [0, 0.05) is 25.7 Å². The number of piperazine rings is 1. The van der Waals surface area contributed by atoms with Gasteiger partial charge < -0.3 is 15.0 Å². The molecule has 0 spiro atoms. The third kappa shape index (κ3) is 4.00. The highest BCUT2D eigenvalue weighted by Crippen LogP contribution is 2.09. The van der Waals surface area contributed by atoms with E-state index in [4.69, 9.17) is 4.74 Å². The van der Waals surface area contributed by atoms with E-state index in [0.717, 1.165) is 32.5 Å². The minimum absolute atomic E-state index is 0.152. The lowest BCUT2D eigenvalue weighted by molar-refractivity contribution is 0.0852. The summed E-state index contributed by atoms with van der Waals surface area (Å²) in [6.07, 6.45) is 1.86. The molecule has 1 saturated heterocycles. The second-order valence-corrected chi connectivity index (χ2v) is 4.72. The molecule has 94 valence electrons. The fourth-order valence-electron chi connectivity index (χ4n) is 1.79. The highest BCUT2D eigenvalue weighted by Gasteiger charge is 2.25. The molecule has 1 fully saturated rings. The molecule has 0 saturated carbocycles. The van der Waals surface area contributed by atoms with Gasteiger partial charge in [0.05, 0.1) is 6.61 Å². The van der Waals surface area contributed by atoms with E-state index >= 15 is 0 Å². The summed E-state index contributed by atoms with van der Waals surface area (Å²) in [7, 11) is 0.